The molecule has 3 saturated carbocycles. The molecule has 0 aromatic heterocycles. The van der Waals surface area contributed by atoms with Crippen molar-refractivity contribution >= 4 is 35.6 Å². The Morgan fingerprint density at radius 2 is 1.26 bits per heavy atom. The number of hydrogen-bond donors (Lipinski definition) is 2. The van der Waals surface area contributed by atoms with E-state index in [2.05, 4.69) is 20.0 Å². The number of carbonyl (C=O) groups is 6. The van der Waals surface area contributed by atoms with Gasteiger partial charge in [0, 0.05) is 90.0 Å². The lowest BCUT2D eigenvalue weighted by Crippen LogP contribution is -2.56. The van der Waals surface area contributed by atoms with Crippen LogP contribution >= 0.6 is 0 Å². The fourth-order valence-corrected chi connectivity index (χ4v) is 10.7. The minimum atomic E-state index is -0.833. The third-order valence-corrected chi connectivity index (χ3v) is 13.7. The summed E-state index contributed by atoms with van der Waals surface area (Å²) in [5, 5.41) is 10.7. The molecule has 322 valence electrons. The first-order valence-electron chi connectivity index (χ1n) is 22.2. The fraction of sp³-hybridized carbons (Fsp3) is 0.860. The van der Waals surface area contributed by atoms with E-state index in [-0.39, 0.29) is 23.4 Å². The highest BCUT2D eigenvalue weighted by Crippen LogP contribution is 2.53. The molecule has 8 fully saturated rings. The van der Waals surface area contributed by atoms with E-state index in [1.54, 1.807) is 0 Å². The van der Waals surface area contributed by atoms with E-state index >= 15 is 0 Å². The van der Waals surface area contributed by atoms with Crippen molar-refractivity contribution in [1.82, 2.24) is 24.9 Å². The van der Waals surface area contributed by atoms with Crippen molar-refractivity contribution in [1.29, 1.82) is 0 Å². The number of nitrogens with zero attached hydrogens (tertiary/aromatic N) is 4. The Hall–Kier alpha value is -3.26. The average Bonchev–Trinajstić information content (AvgIpc) is 3.83. The van der Waals surface area contributed by atoms with Gasteiger partial charge in [0.05, 0.1) is 19.1 Å². The highest BCUT2D eigenvalue weighted by Gasteiger charge is 2.52. The maximum absolute atomic E-state index is 12.1. The molecule has 5 heterocycles. The number of hydrogen-bond acceptors (Lipinski definition) is 10. The summed E-state index contributed by atoms with van der Waals surface area (Å²) < 4.78 is 10.1. The van der Waals surface area contributed by atoms with Crippen LogP contribution in [-0.4, -0.2) is 144 Å². The van der Waals surface area contributed by atoms with Crippen molar-refractivity contribution in [3.05, 3.63) is 0 Å². The molecule has 0 aromatic rings. The lowest BCUT2D eigenvalue weighted by Gasteiger charge is -2.52. The maximum Gasteiger partial charge on any atom is 0.409 e. The van der Waals surface area contributed by atoms with Gasteiger partial charge in [-0.15, -0.1) is 0 Å². The number of Topliss-reactive ketones (excluding diaryl/α,β-unsaturated/α-hetero) is 1. The zero-order valence-corrected chi connectivity index (χ0v) is 35.1. The summed E-state index contributed by atoms with van der Waals surface area (Å²) in [6.07, 6.45) is 18.3. The number of carboxylic acids is 1. The molecular formula is C43H71N5O9. The number of likely N-dealkylation sites (tertiary alicyclic amines) is 4. The van der Waals surface area contributed by atoms with E-state index in [9.17, 15) is 24.0 Å². The number of amides is 3. The minimum Gasteiger partial charge on any atom is -0.481 e. The first-order chi connectivity index (χ1) is 27.4. The van der Waals surface area contributed by atoms with Gasteiger partial charge in [-0.1, -0.05) is 0 Å². The van der Waals surface area contributed by atoms with Crippen molar-refractivity contribution in [3.8, 4) is 0 Å². The molecule has 2 N–H and O–H groups in total. The van der Waals surface area contributed by atoms with Crippen LogP contribution in [0.2, 0.25) is 0 Å². The van der Waals surface area contributed by atoms with E-state index in [0.717, 1.165) is 136 Å². The highest BCUT2D eigenvalue weighted by atomic mass is 16.6. The predicted molar refractivity (Wildman–Crippen MR) is 214 cm³/mol. The number of carbonyl (C=O) groups excluding carboxylic acids is 5. The van der Waals surface area contributed by atoms with Crippen LogP contribution in [0.5, 0.6) is 0 Å². The van der Waals surface area contributed by atoms with Gasteiger partial charge < -0.3 is 39.5 Å². The molecule has 57 heavy (non-hydrogen) atoms. The lowest BCUT2D eigenvalue weighted by molar-refractivity contribution is -0.149. The average molecular weight is 802 g/mol. The van der Waals surface area contributed by atoms with E-state index < -0.39 is 5.97 Å². The smallest absolute Gasteiger partial charge is 0.409 e. The van der Waals surface area contributed by atoms with E-state index in [1.807, 2.05) is 18.7 Å². The number of ketones is 1. The van der Waals surface area contributed by atoms with Crippen LogP contribution < -0.4 is 5.32 Å². The van der Waals surface area contributed by atoms with Gasteiger partial charge in [0.2, 0.25) is 11.8 Å². The van der Waals surface area contributed by atoms with Gasteiger partial charge in [0.15, 0.2) is 0 Å². The Morgan fingerprint density at radius 1 is 0.702 bits per heavy atom. The molecule has 0 radical (unpaired) electrons. The van der Waals surface area contributed by atoms with Gasteiger partial charge in [-0.05, 0) is 128 Å². The Morgan fingerprint density at radius 3 is 1.79 bits per heavy atom. The molecular weight excluding hydrogens is 730 g/mol. The molecule has 5 aliphatic heterocycles. The van der Waals surface area contributed by atoms with Crippen LogP contribution in [0, 0.1) is 16.7 Å². The Labute approximate surface area is 340 Å². The van der Waals surface area contributed by atoms with Crippen molar-refractivity contribution in [2.75, 3.05) is 65.6 Å². The molecule has 1 unspecified atom stereocenters. The van der Waals surface area contributed by atoms with Crippen LogP contribution in [-0.2, 0) is 33.4 Å². The van der Waals surface area contributed by atoms with Crippen molar-refractivity contribution in [2.24, 2.45) is 16.7 Å². The highest BCUT2D eigenvalue weighted by molar-refractivity contribution is 5.87. The topological polar surface area (TPSA) is 166 Å². The van der Waals surface area contributed by atoms with Gasteiger partial charge in [0.1, 0.15) is 5.78 Å². The molecule has 14 nitrogen and oxygen atoms in total. The number of nitrogens with one attached hydrogen (secondary N) is 1. The maximum atomic E-state index is 12.1. The summed E-state index contributed by atoms with van der Waals surface area (Å²) in [6.45, 7) is 13.8. The van der Waals surface area contributed by atoms with Crippen molar-refractivity contribution < 1.29 is 43.3 Å². The van der Waals surface area contributed by atoms with Gasteiger partial charge in [-0.25, -0.2) is 4.79 Å². The predicted octanol–water partition coefficient (Wildman–Crippen LogP) is 5.02. The molecule has 14 heteroatoms. The van der Waals surface area contributed by atoms with E-state index in [4.69, 9.17) is 19.4 Å². The zero-order valence-electron chi connectivity index (χ0n) is 35.1. The first-order valence-corrected chi connectivity index (χ1v) is 22.2. The Kier molecular flexibility index (Phi) is 16.6. The van der Waals surface area contributed by atoms with Crippen LogP contribution in [0.25, 0.3) is 0 Å². The molecule has 8 rings (SSSR count). The van der Waals surface area contributed by atoms with Crippen molar-refractivity contribution in [2.45, 2.75) is 154 Å². The SMILES string of the molecule is CC(=O)O.CCOC(=O)C1CCC2(CC(=O)C2)C1.CCOC(=O)N1CCC2(CC(N3CCC(N4CCCCC4=O)CC3)C2)C1.O=C1CCCCN1C1CCNCC1. The number of carboxylic acid groups (broad SMARTS) is 1. The van der Waals surface area contributed by atoms with Crippen LogP contribution in [0.1, 0.15) is 136 Å². The third kappa shape index (κ3) is 12.4. The number of aliphatic carboxylic acids is 1. The number of ether oxygens (including phenoxy) is 2. The summed E-state index contributed by atoms with van der Waals surface area (Å²) in [6, 6.07) is 1.68. The monoisotopic (exact) mass is 802 g/mol. The van der Waals surface area contributed by atoms with Gasteiger partial charge in [-0.3, -0.25) is 24.0 Å². The fourth-order valence-electron chi connectivity index (χ4n) is 10.7. The second-order valence-corrected chi connectivity index (χ2v) is 17.9. The first kappa shape index (κ1) is 44.8. The van der Waals surface area contributed by atoms with Gasteiger partial charge >= 0.3 is 12.1 Å². The molecule has 0 aromatic carbocycles. The molecule has 5 saturated heterocycles. The summed E-state index contributed by atoms with van der Waals surface area (Å²) >= 11 is 0. The summed E-state index contributed by atoms with van der Waals surface area (Å²) in [7, 11) is 0. The Balaban J connectivity index is 0.000000169. The molecule has 0 bridgehead atoms. The Bertz CT molecular complexity index is 1380. The normalized spacial score (nSPS) is 28.9. The van der Waals surface area contributed by atoms with Crippen LogP contribution in [0.3, 0.4) is 0 Å². The van der Waals surface area contributed by atoms with E-state index in [1.165, 1.54) is 25.7 Å². The summed E-state index contributed by atoms with van der Waals surface area (Å²) in [4.78, 5) is 75.9. The second-order valence-electron chi connectivity index (χ2n) is 17.9. The van der Waals surface area contributed by atoms with E-state index in [0.29, 0.717) is 67.2 Å². The molecule has 2 spiro atoms. The largest absolute Gasteiger partial charge is 0.481 e. The van der Waals surface area contributed by atoms with Crippen LogP contribution in [0.15, 0.2) is 0 Å². The molecule has 3 amide bonds. The number of piperidine rings is 4. The summed E-state index contributed by atoms with van der Waals surface area (Å²) in [5.74, 6) is 0.279. The molecule has 3 aliphatic carbocycles. The minimum absolute atomic E-state index is 0.0584. The van der Waals surface area contributed by atoms with Crippen LogP contribution in [0.4, 0.5) is 4.79 Å². The quantitative estimate of drug-likeness (QED) is 0.347. The number of rotatable bonds is 6. The zero-order chi connectivity index (χ0) is 41.0. The molecule has 1 atom stereocenters. The van der Waals surface area contributed by atoms with Gasteiger partial charge in [0.25, 0.3) is 5.97 Å². The number of esters is 1. The second kappa shape index (κ2) is 21.1. The standard InChI is InChI=1S/C20H33N3O3.C11H16O3.C10H18N2O.C2H4O2/c1-2-26-19(25)22-12-8-20(15-22)13-17(14-20)21-10-6-16(7-11-21)23-9-4-3-5-18(23)24;1-2-14-10(13)8-3-4-11(5-8)6-9(12)7-11;13-10-3-1-2-8-12(10)9-4-6-11-7-5-9;1-2(3)4/h16-17H,2-15H2,1H3;8H,2-7H2,1H3;9,11H,1-8H2;1H3,(H,3,4). The summed E-state index contributed by atoms with van der Waals surface area (Å²) in [5.41, 5.74) is 0.533. The van der Waals surface area contributed by atoms with Gasteiger partial charge in [-0.2, -0.15) is 0 Å². The van der Waals surface area contributed by atoms with Crippen molar-refractivity contribution in [3.63, 3.8) is 0 Å². The lowest BCUT2D eigenvalue weighted by atomic mass is 9.64. The molecule has 8 aliphatic rings. The third-order valence-electron chi connectivity index (χ3n) is 13.7.